The van der Waals surface area contributed by atoms with Crippen molar-refractivity contribution in [1.29, 1.82) is 0 Å². The third-order valence-electron chi connectivity index (χ3n) is 6.99. The Morgan fingerprint density at radius 3 is 2.59 bits per heavy atom. The molecule has 0 unspecified atom stereocenters. The molecule has 4 aromatic rings. The molecule has 206 valence electrons. The lowest BCUT2D eigenvalue weighted by atomic mass is 10.1. The standard InChI is InChI=1S/C31H38ClN5O2/c1-7-37-22(5)24(18-33-37)19-36(6)31(38)29-26-17-25(32)12-13-27(26)34-30(35-29)23-11-14-28(21(4)16-23)39-15-9-8-10-20(2)3/h11-14,16-18,20H,7-10,15,19H2,1-6H3. The highest BCUT2D eigenvalue weighted by atomic mass is 35.5. The number of amides is 1. The summed E-state index contributed by atoms with van der Waals surface area (Å²) in [4.78, 5) is 24.9. The number of ether oxygens (including phenoxy) is 1. The van der Waals surface area contributed by atoms with Crippen molar-refractivity contribution in [3.05, 3.63) is 70.1 Å². The van der Waals surface area contributed by atoms with Gasteiger partial charge in [0, 0.05) is 47.4 Å². The predicted octanol–water partition coefficient (Wildman–Crippen LogP) is 7.26. The highest BCUT2D eigenvalue weighted by molar-refractivity contribution is 6.31. The van der Waals surface area contributed by atoms with Gasteiger partial charge in [-0.05, 0) is 81.5 Å². The zero-order valence-corrected chi connectivity index (χ0v) is 24.5. The number of halogens is 1. The molecule has 0 aliphatic rings. The Hall–Kier alpha value is -3.45. The van der Waals surface area contributed by atoms with E-state index in [9.17, 15) is 4.79 Å². The van der Waals surface area contributed by atoms with Crippen molar-refractivity contribution in [2.24, 2.45) is 5.92 Å². The number of rotatable bonds is 11. The summed E-state index contributed by atoms with van der Waals surface area (Å²) in [6, 6.07) is 11.3. The normalized spacial score (nSPS) is 11.4. The highest BCUT2D eigenvalue weighted by Crippen LogP contribution is 2.29. The molecule has 0 N–H and O–H groups in total. The van der Waals surface area contributed by atoms with Crippen molar-refractivity contribution in [2.45, 2.75) is 67.0 Å². The van der Waals surface area contributed by atoms with Crippen LogP contribution in [0.5, 0.6) is 5.75 Å². The summed E-state index contributed by atoms with van der Waals surface area (Å²) in [7, 11) is 1.78. The van der Waals surface area contributed by atoms with Crippen LogP contribution in [0.2, 0.25) is 5.02 Å². The summed E-state index contributed by atoms with van der Waals surface area (Å²) < 4.78 is 7.96. The fourth-order valence-electron chi connectivity index (χ4n) is 4.65. The van der Waals surface area contributed by atoms with Crippen LogP contribution in [-0.2, 0) is 13.1 Å². The highest BCUT2D eigenvalue weighted by Gasteiger charge is 2.21. The smallest absolute Gasteiger partial charge is 0.273 e. The monoisotopic (exact) mass is 547 g/mol. The Morgan fingerprint density at radius 1 is 1.10 bits per heavy atom. The largest absolute Gasteiger partial charge is 0.493 e. The van der Waals surface area contributed by atoms with Gasteiger partial charge in [0.1, 0.15) is 11.4 Å². The van der Waals surface area contributed by atoms with Crippen molar-refractivity contribution < 1.29 is 9.53 Å². The number of hydrogen-bond acceptors (Lipinski definition) is 5. The molecule has 0 radical (unpaired) electrons. The quantitative estimate of drug-likeness (QED) is 0.185. The SMILES string of the molecule is CCn1ncc(CN(C)C(=O)c2nc(-c3ccc(OCCCCC(C)C)c(C)c3)nc3ccc(Cl)cc23)c1C. The van der Waals surface area contributed by atoms with Gasteiger partial charge in [-0.3, -0.25) is 9.48 Å². The molecule has 0 spiro atoms. The average Bonchev–Trinajstić information content (AvgIpc) is 3.26. The van der Waals surface area contributed by atoms with Crippen LogP contribution in [-0.4, -0.2) is 44.2 Å². The number of carbonyl (C=O) groups excluding carboxylic acids is 1. The molecule has 2 heterocycles. The molecule has 0 aliphatic carbocycles. The van der Waals surface area contributed by atoms with Gasteiger partial charge in [0.2, 0.25) is 0 Å². The van der Waals surface area contributed by atoms with Crippen molar-refractivity contribution >= 4 is 28.4 Å². The third-order valence-corrected chi connectivity index (χ3v) is 7.22. The molecule has 8 heteroatoms. The first-order valence-corrected chi connectivity index (χ1v) is 14.0. The molecule has 2 aromatic carbocycles. The van der Waals surface area contributed by atoms with Crippen LogP contribution in [0.15, 0.2) is 42.6 Å². The van der Waals surface area contributed by atoms with Gasteiger partial charge in [0.25, 0.3) is 5.91 Å². The van der Waals surface area contributed by atoms with Crippen molar-refractivity contribution in [2.75, 3.05) is 13.7 Å². The molecule has 0 atom stereocenters. The van der Waals surface area contributed by atoms with Gasteiger partial charge in [-0.15, -0.1) is 0 Å². The summed E-state index contributed by atoms with van der Waals surface area (Å²) in [5.74, 6) is 1.86. The molecule has 0 bridgehead atoms. The summed E-state index contributed by atoms with van der Waals surface area (Å²) >= 11 is 6.31. The second-order valence-electron chi connectivity index (χ2n) is 10.5. The van der Waals surface area contributed by atoms with E-state index < -0.39 is 0 Å². The second-order valence-corrected chi connectivity index (χ2v) is 10.9. The molecule has 4 rings (SSSR count). The Bertz CT molecular complexity index is 1460. The van der Waals surface area contributed by atoms with Crippen LogP contribution in [0.3, 0.4) is 0 Å². The van der Waals surface area contributed by atoms with E-state index in [0.717, 1.165) is 47.5 Å². The number of aryl methyl sites for hydroxylation is 2. The van der Waals surface area contributed by atoms with Gasteiger partial charge in [-0.25, -0.2) is 9.97 Å². The van der Waals surface area contributed by atoms with Crippen LogP contribution in [0.25, 0.3) is 22.3 Å². The fraction of sp³-hybridized carbons (Fsp3) is 0.419. The predicted molar refractivity (Wildman–Crippen MR) is 157 cm³/mol. The van der Waals surface area contributed by atoms with Crippen LogP contribution in [0.1, 0.15) is 67.3 Å². The van der Waals surface area contributed by atoms with Gasteiger partial charge in [-0.1, -0.05) is 31.9 Å². The number of carbonyl (C=O) groups is 1. The molecule has 2 aromatic heterocycles. The van der Waals surface area contributed by atoms with E-state index in [1.54, 1.807) is 24.1 Å². The number of fused-ring (bicyclic) bond motifs is 1. The molecule has 7 nitrogen and oxygen atoms in total. The fourth-order valence-corrected chi connectivity index (χ4v) is 4.82. The van der Waals surface area contributed by atoms with Crippen molar-refractivity contribution in [3.63, 3.8) is 0 Å². The van der Waals surface area contributed by atoms with Crippen LogP contribution < -0.4 is 4.74 Å². The first kappa shape index (κ1) is 28.6. The van der Waals surface area contributed by atoms with E-state index >= 15 is 0 Å². The number of unbranched alkanes of at least 4 members (excludes halogenated alkanes) is 1. The molecular weight excluding hydrogens is 510 g/mol. The molecule has 0 saturated carbocycles. The average molecular weight is 548 g/mol. The molecule has 0 fully saturated rings. The Balaban J connectivity index is 1.61. The van der Waals surface area contributed by atoms with Crippen LogP contribution >= 0.6 is 11.6 Å². The van der Waals surface area contributed by atoms with E-state index in [4.69, 9.17) is 26.3 Å². The number of benzene rings is 2. The minimum absolute atomic E-state index is 0.201. The minimum atomic E-state index is -0.201. The van der Waals surface area contributed by atoms with Crippen molar-refractivity contribution in [1.82, 2.24) is 24.6 Å². The first-order valence-electron chi connectivity index (χ1n) is 13.7. The molecule has 0 saturated heterocycles. The lowest BCUT2D eigenvalue weighted by Crippen LogP contribution is -2.27. The van der Waals surface area contributed by atoms with E-state index in [-0.39, 0.29) is 5.91 Å². The molecule has 1 amide bonds. The zero-order valence-electron chi connectivity index (χ0n) is 23.8. The number of nitrogens with zero attached hydrogens (tertiary/aromatic N) is 5. The third kappa shape index (κ3) is 6.77. The Kier molecular flexibility index (Phi) is 9.23. The maximum atomic E-state index is 13.7. The lowest BCUT2D eigenvalue weighted by molar-refractivity contribution is 0.0781. The van der Waals surface area contributed by atoms with Crippen LogP contribution in [0.4, 0.5) is 0 Å². The van der Waals surface area contributed by atoms with Gasteiger partial charge in [0.15, 0.2) is 5.82 Å². The number of aromatic nitrogens is 4. The summed E-state index contributed by atoms with van der Waals surface area (Å²) in [5, 5.41) is 5.57. The Labute approximate surface area is 236 Å². The maximum Gasteiger partial charge on any atom is 0.273 e. The second kappa shape index (κ2) is 12.6. The summed E-state index contributed by atoms with van der Waals surface area (Å²) in [6.07, 6.45) is 5.23. The van der Waals surface area contributed by atoms with Gasteiger partial charge in [-0.2, -0.15) is 5.10 Å². The van der Waals surface area contributed by atoms with Gasteiger partial charge >= 0.3 is 0 Å². The minimum Gasteiger partial charge on any atom is -0.493 e. The lowest BCUT2D eigenvalue weighted by Gasteiger charge is -2.18. The summed E-state index contributed by atoms with van der Waals surface area (Å²) in [5.41, 5.74) is 4.87. The molecule has 39 heavy (non-hydrogen) atoms. The molecule has 0 aliphatic heterocycles. The van der Waals surface area contributed by atoms with Crippen molar-refractivity contribution in [3.8, 4) is 17.1 Å². The van der Waals surface area contributed by atoms with E-state index in [2.05, 4.69) is 18.9 Å². The van der Waals surface area contributed by atoms with Gasteiger partial charge in [0.05, 0.1) is 18.3 Å². The maximum absolute atomic E-state index is 13.7. The number of hydrogen-bond donors (Lipinski definition) is 0. The zero-order chi connectivity index (χ0) is 28.1. The topological polar surface area (TPSA) is 73.1 Å². The van der Waals surface area contributed by atoms with E-state index in [0.29, 0.717) is 46.5 Å². The van der Waals surface area contributed by atoms with Gasteiger partial charge < -0.3 is 9.64 Å². The summed E-state index contributed by atoms with van der Waals surface area (Å²) in [6.45, 7) is 12.5. The van der Waals surface area contributed by atoms with E-state index in [1.165, 1.54) is 6.42 Å². The van der Waals surface area contributed by atoms with Crippen LogP contribution in [0, 0.1) is 19.8 Å². The molecular formula is C31H38ClN5O2. The Morgan fingerprint density at radius 2 is 1.90 bits per heavy atom. The van der Waals surface area contributed by atoms with E-state index in [1.807, 2.05) is 55.9 Å². The first-order chi connectivity index (χ1) is 18.7.